The average molecular weight is 440 g/mol. The lowest BCUT2D eigenvalue weighted by Gasteiger charge is -2.10. The lowest BCUT2D eigenvalue weighted by molar-refractivity contribution is 0.964. The Morgan fingerprint density at radius 1 is 1.03 bits per heavy atom. The van der Waals surface area contributed by atoms with Gasteiger partial charge in [-0.15, -0.1) is 0 Å². The minimum atomic E-state index is -0.0435. The lowest BCUT2D eigenvalue weighted by Crippen LogP contribution is -2.22. The molecule has 2 aromatic carbocycles. The maximum absolute atomic E-state index is 13.0. The third kappa shape index (κ3) is 2.89. The molecule has 29 heavy (non-hydrogen) atoms. The quantitative estimate of drug-likeness (QED) is 0.380. The number of rotatable bonds is 2. The SMILES string of the molecule is Cc1cc(C=c2sc3nc4ccccc4n3c2=O)c(C)n1-c1ccc(Cl)c(Cl)c1. The van der Waals surface area contributed by atoms with Crippen molar-refractivity contribution >= 4 is 56.6 Å². The molecular formula is C22H15Cl2N3OS. The number of nitrogens with zero attached hydrogens (tertiary/aromatic N) is 3. The molecule has 3 heterocycles. The summed E-state index contributed by atoms with van der Waals surface area (Å²) in [5, 5.41) is 1.03. The van der Waals surface area contributed by atoms with Crippen LogP contribution >= 0.6 is 34.5 Å². The molecule has 0 radical (unpaired) electrons. The van der Waals surface area contributed by atoms with Gasteiger partial charge in [0.15, 0.2) is 4.96 Å². The van der Waals surface area contributed by atoms with Crippen molar-refractivity contribution in [3.8, 4) is 5.69 Å². The molecule has 5 rings (SSSR count). The second kappa shape index (κ2) is 6.73. The number of halogens is 2. The van der Waals surface area contributed by atoms with E-state index in [0.29, 0.717) is 19.5 Å². The van der Waals surface area contributed by atoms with Crippen LogP contribution in [0.15, 0.2) is 53.3 Å². The molecule has 0 fully saturated rings. The number of aryl methyl sites for hydroxylation is 1. The van der Waals surface area contributed by atoms with Crippen LogP contribution in [0.1, 0.15) is 17.0 Å². The van der Waals surface area contributed by atoms with Gasteiger partial charge in [-0.3, -0.25) is 4.79 Å². The molecule has 0 atom stereocenters. The van der Waals surface area contributed by atoms with Crippen molar-refractivity contribution in [1.29, 1.82) is 0 Å². The lowest BCUT2D eigenvalue weighted by atomic mass is 10.2. The first-order valence-corrected chi connectivity index (χ1v) is 10.6. The van der Waals surface area contributed by atoms with Crippen molar-refractivity contribution in [2.75, 3.05) is 0 Å². The van der Waals surface area contributed by atoms with Gasteiger partial charge < -0.3 is 4.57 Å². The topological polar surface area (TPSA) is 39.3 Å². The average Bonchev–Trinajstić information content (AvgIpc) is 3.29. The first kappa shape index (κ1) is 18.4. The van der Waals surface area contributed by atoms with Gasteiger partial charge in [-0.05, 0) is 61.9 Å². The standard InChI is InChI=1S/C22H15Cl2N3OS/c1-12-9-14(13(2)26(12)15-7-8-16(23)17(24)11-15)10-20-21(28)27-19-6-4-3-5-18(19)25-22(27)29-20/h3-11H,1-2H3. The second-order valence-electron chi connectivity index (χ2n) is 6.89. The first-order valence-electron chi connectivity index (χ1n) is 9.00. The number of hydrogen-bond donors (Lipinski definition) is 0. The Bertz CT molecular complexity index is 1530. The Morgan fingerprint density at radius 2 is 1.83 bits per heavy atom. The van der Waals surface area contributed by atoms with Gasteiger partial charge in [0.25, 0.3) is 5.56 Å². The van der Waals surface area contributed by atoms with Gasteiger partial charge in [0.05, 0.1) is 25.6 Å². The van der Waals surface area contributed by atoms with Crippen LogP contribution in [-0.4, -0.2) is 14.0 Å². The smallest absolute Gasteiger partial charge is 0.274 e. The molecule has 0 amide bonds. The van der Waals surface area contributed by atoms with Crippen molar-refractivity contribution in [3.05, 3.63) is 90.4 Å². The molecule has 0 saturated heterocycles. The van der Waals surface area contributed by atoms with E-state index in [4.69, 9.17) is 23.2 Å². The Balaban J connectivity index is 1.69. The van der Waals surface area contributed by atoms with E-state index in [-0.39, 0.29) is 5.56 Å². The van der Waals surface area contributed by atoms with E-state index in [1.54, 1.807) is 10.5 Å². The van der Waals surface area contributed by atoms with Crippen LogP contribution in [0.3, 0.4) is 0 Å². The van der Waals surface area contributed by atoms with E-state index in [1.165, 1.54) is 11.3 Å². The van der Waals surface area contributed by atoms with E-state index in [1.807, 2.05) is 56.3 Å². The Labute approximate surface area is 180 Å². The number of aromatic nitrogens is 3. The zero-order valence-electron chi connectivity index (χ0n) is 15.6. The van der Waals surface area contributed by atoms with Gasteiger partial charge in [-0.25, -0.2) is 9.38 Å². The molecule has 144 valence electrons. The number of benzene rings is 2. The highest BCUT2D eigenvalue weighted by atomic mass is 35.5. The van der Waals surface area contributed by atoms with Gasteiger partial charge in [-0.2, -0.15) is 0 Å². The normalized spacial score (nSPS) is 12.5. The number of hydrogen-bond acceptors (Lipinski definition) is 3. The zero-order chi connectivity index (χ0) is 20.3. The van der Waals surface area contributed by atoms with Crippen LogP contribution in [0.4, 0.5) is 0 Å². The van der Waals surface area contributed by atoms with Gasteiger partial charge in [0.1, 0.15) is 0 Å². The van der Waals surface area contributed by atoms with Crippen LogP contribution in [0, 0.1) is 13.8 Å². The molecule has 4 nitrogen and oxygen atoms in total. The summed E-state index contributed by atoms with van der Waals surface area (Å²) in [6.07, 6.45) is 1.94. The van der Waals surface area contributed by atoms with E-state index in [9.17, 15) is 4.79 Å². The van der Waals surface area contributed by atoms with E-state index in [2.05, 4.69) is 15.6 Å². The van der Waals surface area contributed by atoms with Crippen LogP contribution < -0.4 is 10.1 Å². The molecule has 3 aromatic heterocycles. The largest absolute Gasteiger partial charge is 0.318 e. The first-order chi connectivity index (χ1) is 13.9. The monoisotopic (exact) mass is 439 g/mol. The number of para-hydroxylation sites is 2. The minimum absolute atomic E-state index is 0.0435. The summed E-state index contributed by atoms with van der Waals surface area (Å²) in [6.45, 7) is 4.06. The molecule has 0 saturated carbocycles. The highest BCUT2D eigenvalue weighted by Crippen LogP contribution is 2.28. The summed E-state index contributed by atoms with van der Waals surface area (Å²) in [5.74, 6) is 0. The molecule has 0 aliphatic rings. The summed E-state index contributed by atoms with van der Waals surface area (Å²) in [5.41, 5.74) is 5.62. The van der Waals surface area contributed by atoms with Crippen LogP contribution in [0.2, 0.25) is 10.0 Å². The Kier molecular flexibility index (Phi) is 4.28. The van der Waals surface area contributed by atoms with Crippen LogP contribution in [0.25, 0.3) is 27.8 Å². The summed E-state index contributed by atoms with van der Waals surface area (Å²) in [7, 11) is 0. The fourth-order valence-electron chi connectivity index (χ4n) is 3.71. The molecule has 0 N–H and O–H groups in total. The van der Waals surface area contributed by atoms with E-state index < -0.39 is 0 Å². The minimum Gasteiger partial charge on any atom is -0.318 e. The highest BCUT2D eigenvalue weighted by molar-refractivity contribution is 7.15. The highest BCUT2D eigenvalue weighted by Gasteiger charge is 2.13. The van der Waals surface area contributed by atoms with Crippen molar-refractivity contribution in [2.45, 2.75) is 13.8 Å². The fraction of sp³-hybridized carbons (Fsp3) is 0.0909. The van der Waals surface area contributed by atoms with Gasteiger partial charge in [0.2, 0.25) is 0 Å². The second-order valence-corrected chi connectivity index (χ2v) is 8.72. The molecule has 0 aliphatic carbocycles. The zero-order valence-corrected chi connectivity index (χ0v) is 17.9. The van der Waals surface area contributed by atoms with Crippen LogP contribution in [0.5, 0.6) is 0 Å². The van der Waals surface area contributed by atoms with Crippen molar-refractivity contribution < 1.29 is 0 Å². The third-order valence-electron chi connectivity index (χ3n) is 5.06. The molecular weight excluding hydrogens is 425 g/mol. The number of fused-ring (bicyclic) bond motifs is 3. The van der Waals surface area contributed by atoms with Crippen LogP contribution in [-0.2, 0) is 0 Å². The van der Waals surface area contributed by atoms with Gasteiger partial charge >= 0.3 is 0 Å². The maximum atomic E-state index is 13.0. The van der Waals surface area contributed by atoms with Gasteiger partial charge in [0, 0.05) is 17.1 Å². The Morgan fingerprint density at radius 3 is 2.62 bits per heavy atom. The number of imidazole rings is 1. The summed E-state index contributed by atoms with van der Waals surface area (Å²) >= 11 is 13.7. The van der Waals surface area contributed by atoms with Crippen molar-refractivity contribution in [3.63, 3.8) is 0 Å². The Hall–Kier alpha value is -2.60. The van der Waals surface area contributed by atoms with E-state index >= 15 is 0 Å². The number of thiazole rings is 1. The predicted molar refractivity (Wildman–Crippen MR) is 121 cm³/mol. The van der Waals surface area contributed by atoms with Crippen molar-refractivity contribution in [2.24, 2.45) is 0 Å². The molecule has 0 aliphatic heterocycles. The van der Waals surface area contributed by atoms with Crippen molar-refractivity contribution in [1.82, 2.24) is 14.0 Å². The molecule has 0 spiro atoms. The molecule has 7 heteroatoms. The maximum Gasteiger partial charge on any atom is 0.274 e. The molecule has 0 unspecified atom stereocenters. The van der Waals surface area contributed by atoms with Gasteiger partial charge in [-0.1, -0.05) is 46.7 Å². The summed E-state index contributed by atoms with van der Waals surface area (Å²) < 4.78 is 4.45. The fourth-order valence-corrected chi connectivity index (χ4v) is 4.98. The molecule has 5 aromatic rings. The third-order valence-corrected chi connectivity index (χ3v) is 6.77. The summed E-state index contributed by atoms with van der Waals surface area (Å²) in [4.78, 5) is 18.3. The molecule has 0 bridgehead atoms. The summed E-state index contributed by atoms with van der Waals surface area (Å²) in [6, 6.07) is 15.3. The predicted octanol–water partition coefficient (Wildman–Crippen LogP) is 5.17. The van der Waals surface area contributed by atoms with E-state index in [0.717, 1.165) is 33.7 Å².